The molecule has 2 aromatic rings. The molecule has 0 bridgehead atoms. The van der Waals surface area contributed by atoms with E-state index in [0.717, 1.165) is 0 Å². The van der Waals surface area contributed by atoms with E-state index in [1.165, 1.54) is 18.2 Å². The molecule has 0 spiro atoms. The molecule has 1 aromatic carbocycles. The highest BCUT2D eigenvalue weighted by atomic mass is 16.8. The van der Waals surface area contributed by atoms with Gasteiger partial charge in [0, 0.05) is 11.2 Å². The van der Waals surface area contributed by atoms with Crippen LogP contribution in [0.5, 0.6) is 0 Å². The van der Waals surface area contributed by atoms with E-state index in [1.807, 2.05) is 0 Å². The van der Waals surface area contributed by atoms with E-state index < -0.39 is 5.97 Å². The zero-order valence-electron chi connectivity index (χ0n) is 6.30. The maximum atomic E-state index is 10.8. The summed E-state index contributed by atoms with van der Waals surface area (Å²) in [6.45, 7) is 0. The Hall–Kier alpha value is -2.11. The molecule has 0 amide bonds. The Morgan fingerprint density at radius 1 is 1.62 bits per heavy atom. The quantitative estimate of drug-likeness (QED) is 0.631. The molecule has 6 heteroatoms. The second-order valence-electron chi connectivity index (χ2n) is 2.44. The molecule has 1 heterocycles. The zero-order chi connectivity index (χ0) is 9.42. The smallest absolute Gasteiger partial charge is 0.335 e. The summed E-state index contributed by atoms with van der Waals surface area (Å²) in [5.41, 5.74) is 0.472. The zero-order valence-corrected chi connectivity index (χ0v) is 6.30. The highest BCUT2D eigenvalue weighted by Gasteiger charge is 2.12. The molecule has 1 aromatic heterocycles. The van der Waals surface area contributed by atoms with Crippen LogP contribution in [0.3, 0.4) is 0 Å². The number of rotatable bonds is 1. The third kappa shape index (κ3) is 1.08. The molecule has 0 atom stereocenters. The SMILES string of the molecule is O=C(O)c1ccc2no[n+]([O-])c2c1. The van der Waals surface area contributed by atoms with Gasteiger partial charge in [0.25, 0.3) is 0 Å². The molecule has 0 saturated heterocycles. The third-order valence-electron chi connectivity index (χ3n) is 1.63. The molecule has 13 heavy (non-hydrogen) atoms. The van der Waals surface area contributed by atoms with Crippen LogP contribution in [-0.2, 0) is 0 Å². The summed E-state index contributed by atoms with van der Waals surface area (Å²) < 4.78 is 4.27. The summed E-state index contributed by atoms with van der Waals surface area (Å²) in [4.78, 5) is 10.7. The minimum Gasteiger partial charge on any atom is -0.478 e. The number of aromatic carboxylic acids is 1. The van der Waals surface area contributed by atoms with Gasteiger partial charge >= 0.3 is 5.97 Å². The van der Waals surface area contributed by atoms with Gasteiger partial charge in [-0.15, -0.1) is 0 Å². The van der Waals surface area contributed by atoms with Gasteiger partial charge in [-0.1, -0.05) is 0 Å². The van der Waals surface area contributed by atoms with E-state index in [1.54, 1.807) is 0 Å². The van der Waals surface area contributed by atoms with Crippen LogP contribution in [0.2, 0.25) is 0 Å². The fraction of sp³-hybridized carbons (Fsp3) is 0. The average Bonchev–Trinajstić information content (AvgIpc) is 2.47. The van der Waals surface area contributed by atoms with E-state index >= 15 is 0 Å². The number of aromatic nitrogens is 2. The second kappa shape index (κ2) is 2.44. The van der Waals surface area contributed by atoms with Crippen molar-refractivity contribution in [3.63, 3.8) is 0 Å². The number of carbonyl (C=O) groups is 1. The number of hydrogen-bond acceptors (Lipinski definition) is 4. The molecular weight excluding hydrogens is 176 g/mol. The van der Waals surface area contributed by atoms with Crippen molar-refractivity contribution in [2.45, 2.75) is 0 Å². The Balaban J connectivity index is 2.72. The molecule has 1 N–H and O–H groups in total. The number of carboxylic acid groups (broad SMARTS) is 1. The average molecular weight is 180 g/mol. The molecule has 0 aliphatic heterocycles. The first-order valence-electron chi connectivity index (χ1n) is 3.41. The van der Waals surface area contributed by atoms with E-state index in [-0.39, 0.29) is 16.0 Å². The fourth-order valence-electron chi connectivity index (χ4n) is 1.00. The van der Waals surface area contributed by atoms with Crippen LogP contribution in [0, 0.1) is 5.21 Å². The summed E-state index contributed by atoms with van der Waals surface area (Å²) in [5.74, 6) is -1.09. The van der Waals surface area contributed by atoms with Gasteiger partial charge in [-0.05, 0) is 17.0 Å². The lowest BCUT2D eigenvalue weighted by Gasteiger charge is -1.90. The molecule has 0 aliphatic rings. The minimum absolute atomic E-state index is 0.0281. The number of fused-ring (bicyclic) bond motifs is 1. The molecule has 0 unspecified atom stereocenters. The Kier molecular flexibility index (Phi) is 1.42. The Labute approximate surface area is 71.5 Å². The normalized spacial score (nSPS) is 10.5. The van der Waals surface area contributed by atoms with Gasteiger partial charge in [-0.25, -0.2) is 4.79 Å². The van der Waals surface area contributed by atoms with Gasteiger partial charge in [0.2, 0.25) is 11.0 Å². The van der Waals surface area contributed by atoms with Crippen LogP contribution >= 0.6 is 0 Å². The molecule has 0 fully saturated rings. The van der Waals surface area contributed by atoms with Crippen LogP contribution in [0.15, 0.2) is 22.8 Å². The predicted molar refractivity (Wildman–Crippen MR) is 39.9 cm³/mol. The minimum atomic E-state index is -1.09. The van der Waals surface area contributed by atoms with Crippen LogP contribution in [0.25, 0.3) is 11.0 Å². The highest BCUT2D eigenvalue weighted by Crippen LogP contribution is 2.09. The monoisotopic (exact) mass is 180 g/mol. The van der Waals surface area contributed by atoms with Gasteiger partial charge < -0.3 is 10.3 Å². The maximum Gasteiger partial charge on any atom is 0.335 e. The molecule has 2 rings (SSSR count). The molecule has 6 nitrogen and oxygen atoms in total. The van der Waals surface area contributed by atoms with Gasteiger partial charge in [0.1, 0.15) is 0 Å². The summed E-state index contributed by atoms with van der Waals surface area (Å²) >= 11 is 0. The Bertz CT molecular complexity index is 476. The Morgan fingerprint density at radius 2 is 2.38 bits per heavy atom. The number of nitrogens with zero attached hydrogens (tertiary/aromatic N) is 2. The standard InChI is InChI=1S/C7H4N2O4/c10-7(11)4-1-2-5-6(3-4)9(12)13-8-5/h1-3H,(H,10,11). The molecule has 0 aliphatic carbocycles. The number of hydrogen-bond donors (Lipinski definition) is 1. The molecule has 0 saturated carbocycles. The van der Waals surface area contributed by atoms with Gasteiger partial charge in [0.15, 0.2) is 0 Å². The van der Waals surface area contributed by atoms with Crippen LogP contribution in [-0.4, -0.2) is 16.2 Å². The summed E-state index contributed by atoms with van der Waals surface area (Å²) in [6, 6.07) is 3.98. The lowest BCUT2D eigenvalue weighted by molar-refractivity contribution is -0.782. The molecule has 0 radical (unpaired) electrons. The number of carboxylic acids is 1. The van der Waals surface area contributed by atoms with Crippen LogP contribution in [0.4, 0.5) is 0 Å². The topological polar surface area (TPSA) is 90.3 Å². The first-order chi connectivity index (χ1) is 6.18. The number of benzene rings is 1. The maximum absolute atomic E-state index is 10.8. The fourth-order valence-corrected chi connectivity index (χ4v) is 1.00. The van der Waals surface area contributed by atoms with E-state index in [9.17, 15) is 10.0 Å². The summed E-state index contributed by atoms with van der Waals surface area (Å²) in [6.07, 6.45) is 0. The van der Waals surface area contributed by atoms with Crippen molar-refractivity contribution in [1.82, 2.24) is 5.16 Å². The second-order valence-corrected chi connectivity index (χ2v) is 2.44. The Morgan fingerprint density at radius 3 is 3.08 bits per heavy atom. The first kappa shape index (κ1) is 7.53. The van der Waals surface area contributed by atoms with Crippen LogP contribution < -0.4 is 4.90 Å². The predicted octanol–water partition coefficient (Wildman–Crippen LogP) is 0.159. The van der Waals surface area contributed by atoms with Crippen molar-refractivity contribution < 1.29 is 19.4 Å². The van der Waals surface area contributed by atoms with Gasteiger partial charge in [0.05, 0.1) is 5.56 Å². The summed E-state index contributed by atoms with van der Waals surface area (Å²) in [7, 11) is 0. The van der Waals surface area contributed by atoms with Crippen molar-refractivity contribution in [2.24, 2.45) is 0 Å². The van der Waals surface area contributed by atoms with Crippen molar-refractivity contribution in [3.05, 3.63) is 29.0 Å². The molecular formula is C7H4N2O4. The lowest BCUT2D eigenvalue weighted by Crippen LogP contribution is -2.22. The van der Waals surface area contributed by atoms with E-state index in [4.69, 9.17) is 5.11 Å². The van der Waals surface area contributed by atoms with Gasteiger partial charge in [-0.2, -0.15) is 0 Å². The lowest BCUT2D eigenvalue weighted by atomic mass is 10.2. The largest absolute Gasteiger partial charge is 0.478 e. The third-order valence-corrected chi connectivity index (χ3v) is 1.63. The van der Waals surface area contributed by atoms with Crippen molar-refractivity contribution >= 4 is 17.0 Å². The van der Waals surface area contributed by atoms with E-state index in [2.05, 4.69) is 9.79 Å². The van der Waals surface area contributed by atoms with Crippen molar-refractivity contribution in [3.8, 4) is 0 Å². The van der Waals surface area contributed by atoms with Crippen molar-refractivity contribution in [1.29, 1.82) is 0 Å². The van der Waals surface area contributed by atoms with Gasteiger partial charge in [-0.3, -0.25) is 4.63 Å². The van der Waals surface area contributed by atoms with E-state index in [0.29, 0.717) is 5.52 Å². The summed E-state index contributed by atoms with van der Waals surface area (Å²) in [5, 5.41) is 22.9. The first-order valence-corrected chi connectivity index (χ1v) is 3.41. The highest BCUT2D eigenvalue weighted by molar-refractivity contribution is 5.91. The van der Waals surface area contributed by atoms with Crippen LogP contribution in [0.1, 0.15) is 10.4 Å². The molecule has 66 valence electrons. The van der Waals surface area contributed by atoms with Crippen molar-refractivity contribution in [2.75, 3.05) is 0 Å².